The Morgan fingerprint density at radius 3 is 2.43 bits per heavy atom. The zero-order chi connectivity index (χ0) is 15.2. The van der Waals surface area contributed by atoms with Gasteiger partial charge in [-0.15, -0.1) is 0 Å². The largest absolute Gasteiger partial charge is 0.387 e. The van der Waals surface area contributed by atoms with Crippen molar-refractivity contribution >= 4 is 28.9 Å². The number of aliphatic hydroxyl groups excluding tert-OH is 2. The molecule has 0 aromatic heterocycles. The Morgan fingerprint density at radius 2 is 1.76 bits per heavy atom. The van der Waals surface area contributed by atoms with Crippen molar-refractivity contribution in [1.29, 1.82) is 0 Å². The van der Waals surface area contributed by atoms with Gasteiger partial charge < -0.3 is 15.5 Å². The van der Waals surface area contributed by atoms with Gasteiger partial charge in [0.25, 0.3) is 0 Å². The summed E-state index contributed by atoms with van der Waals surface area (Å²) in [4.78, 5) is 0. The number of hydrogen-bond acceptors (Lipinski definition) is 3. The molecule has 0 fully saturated rings. The zero-order valence-corrected chi connectivity index (χ0v) is 12.9. The van der Waals surface area contributed by atoms with Crippen LogP contribution in [0, 0.1) is 0 Å². The second kappa shape index (κ2) is 5.18. The minimum atomic E-state index is -0.961. The summed E-state index contributed by atoms with van der Waals surface area (Å²) < 4.78 is 0. The summed E-state index contributed by atoms with van der Waals surface area (Å²) in [6.45, 7) is 1.80. The van der Waals surface area contributed by atoms with Gasteiger partial charge in [-0.1, -0.05) is 53.5 Å². The summed E-state index contributed by atoms with van der Waals surface area (Å²) in [6, 6.07) is 12.6. The average molecular weight is 324 g/mol. The van der Waals surface area contributed by atoms with Crippen LogP contribution >= 0.6 is 23.2 Å². The Hall–Kier alpha value is -1.26. The SMILES string of the molecule is CC1(c2ccccc2)C(O)Nc2cc(Cl)cc(Cl)c2C1O. The normalized spacial score (nSPS) is 27.9. The van der Waals surface area contributed by atoms with Crippen LogP contribution in [0.25, 0.3) is 0 Å². The molecule has 1 aliphatic heterocycles. The average Bonchev–Trinajstić information content (AvgIpc) is 2.45. The molecule has 0 radical (unpaired) electrons. The van der Waals surface area contributed by atoms with E-state index in [1.165, 1.54) is 0 Å². The van der Waals surface area contributed by atoms with Crippen molar-refractivity contribution < 1.29 is 10.2 Å². The van der Waals surface area contributed by atoms with Crippen LogP contribution in [0.15, 0.2) is 42.5 Å². The van der Waals surface area contributed by atoms with Gasteiger partial charge in [0.05, 0.1) is 11.5 Å². The lowest BCUT2D eigenvalue weighted by atomic mass is 9.71. The molecule has 0 bridgehead atoms. The molecule has 3 atom stereocenters. The van der Waals surface area contributed by atoms with E-state index in [9.17, 15) is 10.2 Å². The van der Waals surface area contributed by atoms with Gasteiger partial charge in [0.2, 0.25) is 0 Å². The number of nitrogens with one attached hydrogen (secondary N) is 1. The molecular formula is C16H15Cl2NO2. The lowest BCUT2D eigenvalue weighted by Crippen LogP contribution is -2.50. The number of anilines is 1. The summed E-state index contributed by atoms with van der Waals surface area (Å²) in [5.41, 5.74) is 1.03. The number of benzene rings is 2. The molecule has 0 saturated carbocycles. The third-order valence-corrected chi connectivity index (χ3v) is 4.72. The van der Waals surface area contributed by atoms with Crippen LogP contribution < -0.4 is 5.32 Å². The van der Waals surface area contributed by atoms with Gasteiger partial charge >= 0.3 is 0 Å². The Labute approximate surface area is 133 Å². The molecule has 2 aromatic carbocycles. The van der Waals surface area contributed by atoms with Gasteiger partial charge in [0.15, 0.2) is 0 Å². The van der Waals surface area contributed by atoms with Gasteiger partial charge in [-0.25, -0.2) is 0 Å². The quantitative estimate of drug-likeness (QED) is 0.749. The molecule has 0 spiro atoms. The second-order valence-corrected chi connectivity index (χ2v) is 6.29. The molecule has 3 N–H and O–H groups in total. The number of rotatable bonds is 1. The van der Waals surface area contributed by atoms with E-state index in [0.29, 0.717) is 21.3 Å². The van der Waals surface area contributed by atoms with Crippen molar-refractivity contribution in [1.82, 2.24) is 0 Å². The van der Waals surface area contributed by atoms with Crippen molar-refractivity contribution in [2.45, 2.75) is 24.7 Å². The highest BCUT2D eigenvalue weighted by Crippen LogP contribution is 2.49. The maximum absolute atomic E-state index is 10.8. The summed E-state index contributed by atoms with van der Waals surface area (Å²) in [7, 11) is 0. The van der Waals surface area contributed by atoms with Crippen LogP contribution in [-0.2, 0) is 5.41 Å². The number of halogens is 2. The summed E-state index contributed by atoms with van der Waals surface area (Å²) in [5.74, 6) is 0. The van der Waals surface area contributed by atoms with Crippen LogP contribution in [0.3, 0.4) is 0 Å². The van der Waals surface area contributed by atoms with E-state index in [4.69, 9.17) is 23.2 Å². The van der Waals surface area contributed by atoms with E-state index in [2.05, 4.69) is 5.32 Å². The maximum atomic E-state index is 10.8. The molecule has 3 unspecified atom stereocenters. The molecule has 1 heterocycles. The van der Waals surface area contributed by atoms with Gasteiger partial charge in [-0.2, -0.15) is 0 Å². The topological polar surface area (TPSA) is 52.5 Å². The van der Waals surface area contributed by atoms with E-state index in [1.807, 2.05) is 30.3 Å². The van der Waals surface area contributed by atoms with Crippen LogP contribution in [-0.4, -0.2) is 16.4 Å². The fourth-order valence-electron chi connectivity index (χ4n) is 2.84. The lowest BCUT2D eigenvalue weighted by molar-refractivity contribution is -0.00145. The van der Waals surface area contributed by atoms with Crippen molar-refractivity contribution in [2.24, 2.45) is 0 Å². The van der Waals surface area contributed by atoms with Crippen molar-refractivity contribution in [3.63, 3.8) is 0 Å². The molecule has 0 aliphatic carbocycles. The lowest BCUT2D eigenvalue weighted by Gasteiger charge is -2.44. The van der Waals surface area contributed by atoms with E-state index in [-0.39, 0.29) is 0 Å². The fraction of sp³-hybridized carbons (Fsp3) is 0.250. The first-order chi connectivity index (χ1) is 9.94. The van der Waals surface area contributed by atoms with Gasteiger partial charge in [0, 0.05) is 21.3 Å². The first kappa shape index (κ1) is 14.7. The second-order valence-electron chi connectivity index (χ2n) is 5.45. The number of hydrogen-bond donors (Lipinski definition) is 3. The van der Waals surface area contributed by atoms with Crippen LogP contribution in [0.5, 0.6) is 0 Å². The summed E-state index contributed by atoms with van der Waals surface area (Å²) >= 11 is 12.2. The smallest absolute Gasteiger partial charge is 0.136 e. The number of fused-ring (bicyclic) bond motifs is 1. The molecule has 0 amide bonds. The van der Waals surface area contributed by atoms with E-state index >= 15 is 0 Å². The highest BCUT2D eigenvalue weighted by molar-refractivity contribution is 6.35. The Morgan fingerprint density at radius 1 is 1.10 bits per heavy atom. The molecule has 110 valence electrons. The highest BCUT2D eigenvalue weighted by Gasteiger charge is 2.47. The van der Waals surface area contributed by atoms with E-state index < -0.39 is 17.7 Å². The summed E-state index contributed by atoms with van der Waals surface area (Å²) in [5, 5.41) is 25.2. The van der Waals surface area contributed by atoms with Crippen LogP contribution in [0.4, 0.5) is 5.69 Å². The predicted octanol–water partition coefficient (Wildman–Crippen LogP) is 3.73. The molecule has 0 saturated heterocycles. The highest BCUT2D eigenvalue weighted by atomic mass is 35.5. The fourth-order valence-corrected chi connectivity index (χ4v) is 3.44. The molecular weight excluding hydrogens is 309 g/mol. The molecule has 1 aliphatic rings. The van der Waals surface area contributed by atoms with E-state index in [0.717, 1.165) is 5.56 Å². The van der Waals surface area contributed by atoms with Crippen molar-refractivity contribution in [3.8, 4) is 0 Å². The number of aliphatic hydroxyl groups is 2. The Kier molecular flexibility index (Phi) is 3.62. The molecule has 3 rings (SSSR count). The third kappa shape index (κ3) is 2.21. The Bertz CT molecular complexity index is 677. The third-order valence-electron chi connectivity index (χ3n) is 4.19. The van der Waals surface area contributed by atoms with E-state index in [1.54, 1.807) is 19.1 Å². The van der Waals surface area contributed by atoms with Gasteiger partial charge in [0.1, 0.15) is 6.23 Å². The molecule has 21 heavy (non-hydrogen) atoms. The predicted molar refractivity (Wildman–Crippen MR) is 84.8 cm³/mol. The molecule has 5 heteroatoms. The Balaban J connectivity index is 2.18. The van der Waals surface area contributed by atoms with Gasteiger partial charge in [-0.05, 0) is 24.6 Å². The standard InChI is InChI=1S/C16H15Cl2NO2/c1-16(9-5-3-2-4-6-9)14(20)13-11(18)7-10(17)8-12(13)19-15(16)21/h2-8,14-15,19-21H,1H3. The summed E-state index contributed by atoms with van der Waals surface area (Å²) in [6.07, 6.45) is -1.91. The zero-order valence-electron chi connectivity index (χ0n) is 11.3. The van der Waals surface area contributed by atoms with Crippen molar-refractivity contribution in [2.75, 3.05) is 5.32 Å². The molecule has 2 aromatic rings. The maximum Gasteiger partial charge on any atom is 0.136 e. The molecule has 3 nitrogen and oxygen atoms in total. The first-order valence-electron chi connectivity index (χ1n) is 6.61. The van der Waals surface area contributed by atoms with Crippen LogP contribution in [0.1, 0.15) is 24.2 Å². The van der Waals surface area contributed by atoms with Crippen LogP contribution in [0.2, 0.25) is 10.0 Å². The van der Waals surface area contributed by atoms with Gasteiger partial charge in [-0.3, -0.25) is 0 Å². The minimum absolute atomic E-state index is 0.381. The van der Waals surface area contributed by atoms with Crippen molar-refractivity contribution in [3.05, 3.63) is 63.6 Å². The first-order valence-corrected chi connectivity index (χ1v) is 7.37. The minimum Gasteiger partial charge on any atom is -0.387 e. The monoisotopic (exact) mass is 323 g/mol.